The number of halogens is 5. The van der Waals surface area contributed by atoms with E-state index in [2.05, 4.69) is 5.32 Å². The Balaban J connectivity index is 1.67. The van der Waals surface area contributed by atoms with Gasteiger partial charge in [-0.15, -0.1) is 0 Å². The first-order valence-corrected chi connectivity index (χ1v) is 10.9. The summed E-state index contributed by atoms with van der Waals surface area (Å²) in [5.74, 6) is -1.39. The Hall–Kier alpha value is -1.55. The molecule has 5 rings (SSSR count). The van der Waals surface area contributed by atoms with Crippen molar-refractivity contribution in [1.29, 1.82) is 0 Å². The third kappa shape index (κ3) is 3.45. The normalized spacial score (nSPS) is 42.3. The van der Waals surface area contributed by atoms with Crippen molar-refractivity contribution in [3.8, 4) is 0 Å². The average molecular weight is 470 g/mol. The standard InChI is InChI=1S/C19H20ClF4NO4S/c1-25-15(26)10-2-11(20)13(14(12(10)21)30(27)28)29-9-16-3-17(22)6-18(23,4-16)8-19(24,5-16)7-17/h2,12H,3-9H2,1H3,(H,25,26). The number of carbonyl (C=O) groups excluding carboxylic acids is 1. The van der Waals surface area contributed by atoms with Gasteiger partial charge in [0.25, 0.3) is 0 Å². The zero-order valence-corrected chi connectivity index (χ0v) is 17.6. The summed E-state index contributed by atoms with van der Waals surface area (Å²) in [5, 5.41) is 1.84. The monoisotopic (exact) mass is 469 g/mol. The Morgan fingerprint density at radius 1 is 1.13 bits per heavy atom. The van der Waals surface area contributed by atoms with Gasteiger partial charge in [-0.1, -0.05) is 11.6 Å². The number of nitrogens with one attached hydrogen (secondary N) is 1. The molecule has 30 heavy (non-hydrogen) atoms. The average Bonchev–Trinajstić information content (AvgIpc) is 2.56. The molecule has 0 radical (unpaired) electrons. The van der Waals surface area contributed by atoms with Crippen LogP contribution in [0.5, 0.6) is 0 Å². The molecular formula is C19H20ClF4NO4S. The molecule has 5 aliphatic carbocycles. The van der Waals surface area contributed by atoms with E-state index in [1.807, 2.05) is 0 Å². The van der Waals surface area contributed by atoms with Crippen LogP contribution < -0.4 is 5.32 Å². The van der Waals surface area contributed by atoms with Crippen LogP contribution in [0.25, 0.3) is 0 Å². The summed E-state index contributed by atoms with van der Waals surface area (Å²) in [4.78, 5) is 10.9. The van der Waals surface area contributed by atoms with Crippen molar-refractivity contribution in [3.05, 3.63) is 22.4 Å². The van der Waals surface area contributed by atoms with Gasteiger partial charge in [0.15, 0.2) is 16.8 Å². The second-order valence-electron chi connectivity index (χ2n) is 9.12. The van der Waals surface area contributed by atoms with Crippen molar-refractivity contribution >= 4 is 32.7 Å². The molecule has 0 aromatic carbocycles. The minimum Gasteiger partial charge on any atom is -0.490 e. The highest BCUT2D eigenvalue weighted by molar-refractivity contribution is 7.73. The van der Waals surface area contributed by atoms with Crippen molar-refractivity contribution in [2.24, 2.45) is 5.41 Å². The van der Waals surface area contributed by atoms with Crippen LogP contribution in [0.15, 0.2) is 22.4 Å². The summed E-state index contributed by atoms with van der Waals surface area (Å²) in [6.45, 7) is -0.419. The lowest BCUT2D eigenvalue weighted by molar-refractivity contribution is -0.225. The topological polar surface area (TPSA) is 72.5 Å². The second-order valence-corrected chi connectivity index (χ2v) is 10.4. The van der Waals surface area contributed by atoms with Gasteiger partial charge >= 0.3 is 0 Å². The van der Waals surface area contributed by atoms with Crippen molar-refractivity contribution in [1.82, 2.24) is 5.32 Å². The lowest BCUT2D eigenvalue weighted by atomic mass is 9.46. The maximum atomic E-state index is 15.1. The van der Waals surface area contributed by atoms with Gasteiger partial charge in [-0.25, -0.2) is 17.6 Å². The van der Waals surface area contributed by atoms with Crippen molar-refractivity contribution in [2.75, 3.05) is 13.7 Å². The fourth-order valence-electron chi connectivity index (χ4n) is 6.12. The van der Waals surface area contributed by atoms with E-state index in [0.29, 0.717) is 0 Å². The van der Waals surface area contributed by atoms with Gasteiger partial charge in [0.05, 0.1) is 17.2 Å². The van der Waals surface area contributed by atoms with Crippen LogP contribution in [-0.2, 0) is 19.8 Å². The molecule has 4 fully saturated rings. The number of hydrogen-bond donors (Lipinski definition) is 1. The van der Waals surface area contributed by atoms with Crippen LogP contribution >= 0.6 is 11.6 Å². The molecule has 0 aliphatic heterocycles. The molecule has 11 heteroatoms. The minimum atomic E-state index is -3.13. The fourth-order valence-corrected chi connectivity index (χ4v) is 7.07. The molecule has 0 heterocycles. The summed E-state index contributed by atoms with van der Waals surface area (Å²) >= 11 is 6.07. The van der Waals surface area contributed by atoms with Crippen molar-refractivity contribution < 1.29 is 35.5 Å². The summed E-state index contributed by atoms with van der Waals surface area (Å²) in [7, 11) is -1.89. The predicted molar refractivity (Wildman–Crippen MR) is 101 cm³/mol. The number of rotatable bonds is 4. The molecule has 4 bridgehead atoms. The van der Waals surface area contributed by atoms with Gasteiger partial charge in [-0.3, -0.25) is 4.79 Å². The van der Waals surface area contributed by atoms with E-state index in [9.17, 15) is 17.6 Å². The number of likely N-dealkylation sites (N-methyl/N-ethyl adjacent to an activating group) is 1. The Bertz CT molecular complexity index is 962. The van der Waals surface area contributed by atoms with E-state index in [0.717, 1.165) is 6.08 Å². The third-order valence-electron chi connectivity index (χ3n) is 6.39. The number of allylic oxidation sites excluding steroid dienone is 3. The molecule has 1 unspecified atom stereocenters. The molecule has 1 N–H and O–H groups in total. The van der Waals surface area contributed by atoms with Gasteiger partial charge in [-0.2, -0.15) is 8.42 Å². The number of amides is 1. The molecule has 4 saturated carbocycles. The molecule has 1 atom stereocenters. The lowest BCUT2D eigenvalue weighted by Gasteiger charge is -2.62. The highest BCUT2D eigenvalue weighted by atomic mass is 35.5. The van der Waals surface area contributed by atoms with E-state index in [-0.39, 0.29) is 43.6 Å². The van der Waals surface area contributed by atoms with Crippen LogP contribution in [0.3, 0.4) is 0 Å². The van der Waals surface area contributed by atoms with E-state index in [4.69, 9.17) is 16.3 Å². The quantitative estimate of drug-likeness (QED) is 0.507. The lowest BCUT2D eigenvalue weighted by Crippen LogP contribution is -2.66. The molecule has 0 aromatic heterocycles. The molecule has 0 saturated heterocycles. The van der Waals surface area contributed by atoms with Crippen LogP contribution in [-0.4, -0.2) is 56.0 Å². The van der Waals surface area contributed by atoms with E-state index in [1.165, 1.54) is 7.05 Å². The van der Waals surface area contributed by atoms with Gasteiger partial charge in [-0.05, 0) is 25.3 Å². The second kappa shape index (κ2) is 6.72. The van der Waals surface area contributed by atoms with Crippen LogP contribution in [0.1, 0.15) is 38.5 Å². The highest BCUT2D eigenvalue weighted by Crippen LogP contribution is 2.68. The number of ether oxygens (including phenoxy) is 1. The Morgan fingerprint density at radius 2 is 1.63 bits per heavy atom. The summed E-state index contributed by atoms with van der Waals surface area (Å²) < 4.78 is 89.0. The van der Waals surface area contributed by atoms with Crippen LogP contribution in [0.2, 0.25) is 0 Å². The maximum Gasteiger partial charge on any atom is 0.250 e. The molecule has 1 amide bonds. The van der Waals surface area contributed by atoms with Crippen LogP contribution in [0.4, 0.5) is 17.6 Å². The Labute approximate surface area is 177 Å². The van der Waals surface area contributed by atoms with Crippen LogP contribution in [0, 0.1) is 5.41 Å². The number of hydrogen-bond acceptors (Lipinski definition) is 4. The summed E-state index contributed by atoms with van der Waals surface area (Å²) in [6, 6.07) is 0. The molecule has 0 spiro atoms. The van der Waals surface area contributed by atoms with E-state index < -0.39 is 67.6 Å². The third-order valence-corrected chi connectivity index (χ3v) is 7.43. The first-order valence-electron chi connectivity index (χ1n) is 9.46. The molecule has 5 nitrogen and oxygen atoms in total. The number of carbonyl (C=O) groups is 1. The number of alkyl halides is 4. The smallest absolute Gasteiger partial charge is 0.250 e. The van der Waals surface area contributed by atoms with Gasteiger partial charge < -0.3 is 10.1 Å². The predicted octanol–water partition coefficient (Wildman–Crippen LogP) is 3.02. The Kier molecular flexibility index (Phi) is 4.86. The first kappa shape index (κ1) is 21.7. The molecule has 0 aromatic rings. The van der Waals surface area contributed by atoms with Crippen molar-refractivity contribution in [3.63, 3.8) is 0 Å². The molecular weight excluding hydrogens is 450 g/mol. The maximum absolute atomic E-state index is 15.1. The summed E-state index contributed by atoms with van der Waals surface area (Å²) in [5.41, 5.74) is -7.74. The van der Waals surface area contributed by atoms with Gasteiger partial charge in [0.2, 0.25) is 16.2 Å². The molecule has 5 aliphatic rings. The van der Waals surface area contributed by atoms with Gasteiger partial charge in [0, 0.05) is 31.7 Å². The fraction of sp³-hybridized carbons (Fsp3) is 0.684. The van der Waals surface area contributed by atoms with Crippen molar-refractivity contribution in [2.45, 2.75) is 61.7 Å². The van der Waals surface area contributed by atoms with Gasteiger partial charge in [0.1, 0.15) is 17.0 Å². The highest BCUT2D eigenvalue weighted by Gasteiger charge is 2.70. The molecule has 166 valence electrons. The first-order chi connectivity index (χ1) is 13.8. The zero-order chi connectivity index (χ0) is 22.1. The largest absolute Gasteiger partial charge is 0.490 e. The SMILES string of the molecule is CNC(=O)C1=CC(Cl)=C(OCC23CC4(F)CC(F)(CC(F)(C4)C2)C3)C(=S(=O)=O)C1F. The van der Waals surface area contributed by atoms with E-state index >= 15 is 13.2 Å². The minimum absolute atomic E-state index is 0.129. The summed E-state index contributed by atoms with van der Waals surface area (Å²) in [6.07, 6.45) is -2.88. The Morgan fingerprint density at radius 3 is 2.07 bits per heavy atom. The zero-order valence-electron chi connectivity index (χ0n) is 16.0. The van der Waals surface area contributed by atoms with E-state index in [1.54, 1.807) is 0 Å².